The first-order valence-electron chi connectivity index (χ1n) is 8.73. The maximum absolute atomic E-state index is 12.0. The van der Waals surface area contributed by atoms with Crippen LogP contribution in [0.15, 0.2) is 24.3 Å². The zero-order valence-corrected chi connectivity index (χ0v) is 15.2. The third kappa shape index (κ3) is 5.94. The number of benzene rings is 1. The van der Waals surface area contributed by atoms with Gasteiger partial charge in [-0.15, -0.1) is 0 Å². The summed E-state index contributed by atoms with van der Waals surface area (Å²) in [5.41, 5.74) is 1.12. The summed E-state index contributed by atoms with van der Waals surface area (Å²) in [6, 6.07) is 7.61. The highest BCUT2D eigenvalue weighted by atomic mass is 16.5. The normalized spacial score (nSPS) is 16.2. The van der Waals surface area contributed by atoms with Crippen LogP contribution in [0.25, 0.3) is 0 Å². The Labute approximate surface area is 149 Å². The lowest BCUT2D eigenvalue weighted by atomic mass is 10.2. The smallest absolute Gasteiger partial charge is 0.321 e. The largest absolute Gasteiger partial charge is 0.497 e. The Morgan fingerprint density at radius 2 is 1.96 bits per heavy atom. The van der Waals surface area contributed by atoms with Crippen LogP contribution in [0.3, 0.4) is 0 Å². The van der Waals surface area contributed by atoms with Crippen LogP contribution in [0.5, 0.6) is 5.75 Å². The molecule has 0 saturated carbocycles. The average Bonchev–Trinajstić information content (AvgIpc) is 2.62. The van der Waals surface area contributed by atoms with Gasteiger partial charge in [-0.25, -0.2) is 4.79 Å². The number of hydrogen-bond donors (Lipinski definition) is 2. The lowest BCUT2D eigenvalue weighted by molar-refractivity contribution is -0.121. The predicted molar refractivity (Wildman–Crippen MR) is 98.1 cm³/mol. The van der Waals surface area contributed by atoms with E-state index in [9.17, 15) is 9.59 Å². The van der Waals surface area contributed by atoms with Gasteiger partial charge in [0.15, 0.2) is 0 Å². The number of carbonyl (C=O) groups is 2. The van der Waals surface area contributed by atoms with Crippen LogP contribution in [0, 0.1) is 0 Å². The molecule has 0 radical (unpaired) electrons. The van der Waals surface area contributed by atoms with Gasteiger partial charge in [0.1, 0.15) is 5.75 Å². The molecule has 1 heterocycles. The number of amides is 3. The van der Waals surface area contributed by atoms with E-state index in [-0.39, 0.29) is 18.5 Å². The fourth-order valence-corrected chi connectivity index (χ4v) is 2.70. The van der Waals surface area contributed by atoms with Gasteiger partial charge < -0.3 is 15.0 Å². The van der Waals surface area contributed by atoms with Crippen molar-refractivity contribution in [3.63, 3.8) is 0 Å². The Balaban J connectivity index is 1.76. The minimum atomic E-state index is -0.422. The molecule has 1 fully saturated rings. The van der Waals surface area contributed by atoms with Gasteiger partial charge in [-0.3, -0.25) is 15.0 Å². The van der Waals surface area contributed by atoms with E-state index in [1.54, 1.807) is 7.11 Å². The zero-order valence-electron chi connectivity index (χ0n) is 15.2. The Morgan fingerprint density at radius 1 is 1.24 bits per heavy atom. The van der Waals surface area contributed by atoms with Crippen molar-refractivity contribution in [2.24, 2.45) is 0 Å². The van der Waals surface area contributed by atoms with E-state index in [1.807, 2.05) is 32.0 Å². The monoisotopic (exact) mass is 348 g/mol. The Morgan fingerprint density at radius 3 is 2.60 bits per heavy atom. The summed E-state index contributed by atoms with van der Waals surface area (Å²) >= 11 is 0. The molecular formula is C18H28N4O3. The minimum Gasteiger partial charge on any atom is -0.497 e. The van der Waals surface area contributed by atoms with Gasteiger partial charge in [-0.1, -0.05) is 13.0 Å². The average molecular weight is 348 g/mol. The molecule has 138 valence electrons. The molecule has 1 aromatic rings. The molecule has 1 atom stereocenters. The first-order valence-corrected chi connectivity index (χ1v) is 8.73. The molecule has 1 aliphatic heterocycles. The summed E-state index contributed by atoms with van der Waals surface area (Å²) in [6.07, 6.45) is 0.827. The van der Waals surface area contributed by atoms with Crippen molar-refractivity contribution in [3.8, 4) is 5.75 Å². The highest BCUT2D eigenvalue weighted by Gasteiger charge is 2.20. The van der Waals surface area contributed by atoms with Crippen molar-refractivity contribution >= 4 is 17.6 Å². The number of methoxy groups -OCH3 is 1. The SMILES string of the molecule is CC[C@@H](C)NC(=O)NC(=O)CN1CCN(c2cccc(OC)c2)CC1. The molecule has 0 bridgehead atoms. The number of carbonyl (C=O) groups excluding carboxylic acids is 2. The first-order chi connectivity index (χ1) is 12.0. The molecule has 7 nitrogen and oxygen atoms in total. The van der Waals surface area contributed by atoms with Crippen LogP contribution in [0.2, 0.25) is 0 Å². The molecule has 2 rings (SSSR count). The fraction of sp³-hybridized carbons (Fsp3) is 0.556. The molecule has 7 heteroatoms. The molecule has 0 unspecified atom stereocenters. The second kappa shape index (κ2) is 9.27. The molecule has 0 aromatic heterocycles. The van der Waals surface area contributed by atoms with Crippen molar-refractivity contribution in [1.82, 2.24) is 15.5 Å². The van der Waals surface area contributed by atoms with Crippen LogP contribution in [0.1, 0.15) is 20.3 Å². The predicted octanol–water partition coefficient (Wildman–Crippen LogP) is 1.44. The number of piperazine rings is 1. The number of hydrogen-bond acceptors (Lipinski definition) is 5. The standard InChI is InChI=1S/C18H28N4O3/c1-4-14(2)19-18(24)20-17(23)13-21-8-10-22(11-9-21)15-6-5-7-16(12-15)25-3/h5-7,12,14H,4,8-11,13H2,1-3H3,(H2,19,20,23,24)/t14-/m1/s1. The van der Waals surface area contributed by atoms with Gasteiger partial charge >= 0.3 is 6.03 Å². The summed E-state index contributed by atoms with van der Waals surface area (Å²) in [5.74, 6) is 0.572. The number of nitrogens with one attached hydrogen (secondary N) is 2. The summed E-state index contributed by atoms with van der Waals surface area (Å²) < 4.78 is 5.26. The van der Waals surface area contributed by atoms with Crippen molar-refractivity contribution in [3.05, 3.63) is 24.3 Å². The quantitative estimate of drug-likeness (QED) is 0.814. The molecule has 2 N–H and O–H groups in total. The zero-order chi connectivity index (χ0) is 18.2. The topological polar surface area (TPSA) is 73.9 Å². The van der Waals surface area contributed by atoms with E-state index in [0.717, 1.165) is 44.0 Å². The summed E-state index contributed by atoms with van der Waals surface area (Å²) in [5, 5.41) is 5.12. The lowest BCUT2D eigenvalue weighted by Crippen LogP contribution is -2.51. The van der Waals surface area contributed by atoms with Gasteiger partial charge in [0.05, 0.1) is 13.7 Å². The summed E-state index contributed by atoms with van der Waals surface area (Å²) in [4.78, 5) is 28.0. The van der Waals surface area contributed by atoms with Gasteiger partial charge in [0.25, 0.3) is 0 Å². The van der Waals surface area contributed by atoms with E-state index >= 15 is 0 Å². The van der Waals surface area contributed by atoms with Crippen molar-refractivity contribution in [2.45, 2.75) is 26.3 Å². The first kappa shape index (κ1) is 19.1. The third-order valence-electron chi connectivity index (χ3n) is 4.40. The maximum Gasteiger partial charge on any atom is 0.321 e. The van der Waals surface area contributed by atoms with Gasteiger partial charge in [0.2, 0.25) is 5.91 Å². The Kier molecular flexibility index (Phi) is 7.06. The molecule has 1 aromatic carbocycles. The second-order valence-corrected chi connectivity index (χ2v) is 6.30. The lowest BCUT2D eigenvalue weighted by Gasteiger charge is -2.35. The number of rotatable bonds is 6. The molecule has 1 saturated heterocycles. The maximum atomic E-state index is 12.0. The molecule has 25 heavy (non-hydrogen) atoms. The van der Waals surface area contributed by atoms with Crippen molar-refractivity contribution in [2.75, 3.05) is 44.7 Å². The van der Waals surface area contributed by atoms with Crippen LogP contribution >= 0.6 is 0 Å². The van der Waals surface area contributed by atoms with E-state index < -0.39 is 6.03 Å². The number of nitrogens with zero attached hydrogens (tertiary/aromatic N) is 2. The summed E-state index contributed by atoms with van der Waals surface area (Å²) in [6.45, 7) is 7.34. The van der Waals surface area contributed by atoms with E-state index in [2.05, 4.69) is 26.5 Å². The molecular weight excluding hydrogens is 320 g/mol. The van der Waals surface area contributed by atoms with Crippen molar-refractivity contribution in [1.29, 1.82) is 0 Å². The molecule has 3 amide bonds. The number of imide groups is 1. The molecule has 0 aliphatic carbocycles. The third-order valence-corrected chi connectivity index (χ3v) is 4.40. The minimum absolute atomic E-state index is 0.0548. The Hall–Kier alpha value is -2.28. The summed E-state index contributed by atoms with van der Waals surface area (Å²) in [7, 11) is 1.66. The van der Waals surface area contributed by atoms with E-state index in [1.165, 1.54) is 0 Å². The van der Waals surface area contributed by atoms with Gasteiger partial charge in [0, 0.05) is 44.0 Å². The highest BCUT2D eigenvalue weighted by molar-refractivity contribution is 5.95. The van der Waals surface area contributed by atoms with Crippen molar-refractivity contribution < 1.29 is 14.3 Å². The molecule has 1 aliphatic rings. The molecule has 0 spiro atoms. The van der Waals surface area contributed by atoms with E-state index in [0.29, 0.717) is 0 Å². The highest BCUT2D eigenvalue weighted by Crippen LogP contribution is 2.21. The van der Waals surface area contributed by atoms with E-state index in [4.69, 9.17) is 4.74 Å². The van der Waals surface area contributed by atoms with Gasteiger partial charge in [-0.05, 0) is 25.5 Å². The van der Waals surface area contributed by atoms with Gasteiger partial charge in [-0.2, -0.15) is 0 Å². The number of urea groups is 1. The Bertz CT molecular complexity index is 585. The number of anilines is 1. The fourth-order valence-electron chi connectivity index (χ4n) is 2.70. The van der Waals surface area contributed by atoms with Crippen LogP contribution in [-0.2, 0) is 4.79 Å². The number of ether oxygens (including phenoxy) is 1. The second-order valence-electron chi connectivity index (χ2n) is 6.30. The van der Waals surface area contributed by atoms with Crippen LogP contribution < -0.4 is 20.3 Å². The van der Waals surface area contributed by atoms with Crippen LogP contribution in [0.4, 0.5) is 10.5 Å². The van der Waals surface area contributed by atoms with Crippen LogP contribution in [-0.4, -0.2) is 62.7 Å².